The quantitative estimate of drug-likeness (QED) is 0.845. The largest absolute Gasteiger partial charge is 0.356 e. The Morgan fingerprint density at radius 3 is 2.56 bits per heavy atom. The molecule has 1 aliphatic heterocycles. The Hall–Kier alpha value is -1.78. The molecule has 3 rings (SSSR count). The fourth-order valence-corrected chi connectivity index (χ4v) is 3.98. The Balaban J connectivity index is 1.63. The second-order valence-corrected chi connectivity index (χ2v) is 7.76. The van der Waals surface area contributed by atoms with Gasteiger partial charge in [-0.25, -0.2) is 0 Å². The fraction of sp³-hybridized carbons (Fsp3) is 0.450. The van der Waals surface area contributed by atoms with Crippen molar-refractivity contribution >= 4 is 17.5 Å². The number of halogens is 1. The maximum absolute atomic E-state index is 12.2. The minimum absolute atomic E-state index is 0.137. The number of amides is 1. The van der Waals surface area contributed by atoms with Gasteiger partial charge in [0.2, 0.25) is 0 Å². The molecule has 2 unspecified atom stereocenters. The normalized spacial score (nSPS) is 21.2. The standard InChI is InChI=1S/C20H26ClN3O/c1-14-7-15(2)12-24(11-14)13-17-6-4-3-5-16(17)9-23-20(25)19-8-18(21)10-22-19/h3-6,8,10,14-15,22H,7,9,11-13H2,1-2H3,(H,23,25). The third-order valence-electron chi connectivity index (χ3n) is 4.79. The fourth-order valence-electron chi connectivity index (χ4n) is 3.82. The lowest BCUT2D eigenvalue weighted by Crippen LogP contribution is -2.38. The van der Waals surface area contributed by atoms with Crippen LogP contribution >= 0.6 is 11.6 Å². The Morgan fingerprint density at radius 2 is 1.92 bits per heavy atom. The number of H-pyrrole nitrogens is 1. The monoisotopic (exact) mass is 359 g/mol. The molecule has 0 saturated carbocycles. The first kappa shape index (κ1) is 18.0. The maximum Gasteiger partial charge on any atom is 0.268 e. The van der Waals surface area contributed by atoms with Crippen LogP contribution in [0.4, 0.5) is 0 Å². The van der Waals surface area contributed by atoms with Crippen LogP contribution in [0.2, 0.25) is 5.02 Å². The van der Waals surface area contributed by atoms with Crippen LogP contribution in [-0.2, 0) is 13.1 Å². The number of benzene rings is 1. The molecule has 1 aromatic carbocycles. The SMILES string of the molecule is CC1CC(C)CN(Cc2ccccc2CNC(=O)c2cc(Cl)c[nH]2)C1. The molecule has 1 aliphatic rings. The van der Waals surface area contributed by atoms with Crippen molar-refractivity contribution in [2.24, 2.45) is 11.8 Å². The molecule has 0 bridgehead atoms. The summed E-state index contributed by atoms with van der Waals surface area (Å²) in [5.41, 5.74) is 2.94. The summed E-state index contributed by atoms with van der Waals surface area (Å²) in [7, 11) is 0. The van der Waals surface area contributed by atoms with Crippen molar-refractivity contribution in [3.63, 3.8) is 0 Å². The highest BCUT2D eigenvalue weighted by atomic mass is 35.5. The molecule has 25 heavy (non-hydrogen) atoms. The van der Waals surface area contributed by atoms with Gasteiger partial charge in [-0.15, -0.1) is 0 Å². The van der Waals surface area contributed by atoms with E-state index in [1.165, 1.54) is 17.5 Å². The van der Waals surface area contributed by atoms with Crippen molar-refractivity contribution < 1.29 is 4.79 Å². The van der Waals surface area contributed by atoms with E-state index in [0.717, 1.165) is 31.5 Å². The number of aromatic amines is 1. The first-order chi connectivity index (χ1) is 12.0. The van der Waals surface area contributed by atoms with Crippen molar-refractivity contribution in [3.8, 4) is 0 Å². The van der Waals surface area contributed by atoms with Gasteiger partial charge in [-0.2, -0.15) is 0 Å². The van der Waals surface area contributed by atoms with Crippen LogP contribution in [0.15, 0.2) is 36.5 Å². The molecule has 1 saturated heterocycles. The van der Waals surface area contributed by atoms with Crippen LogP contribution in [0.25, 0.3) is 0 Å². The van der Waals surface area contributed by atoms with E-state index in [2.05, 4.69) is 47.2 Å². The van der Waals surface area contributed by atoms with Crippen LogP contribution in [0, 0.1) is 11.8 Å². The minimum atomic E-state index is -0.137. The molecule has 2 N–H and O–H groups in total. The molecule has 0 spiro atoms. The van der Waals surface area contributed by atoms with Gasteiger partial charge in [0, 0.05) is 32.4 Å². The van der Waals surface area contributed by atoms with Crippen LogP contribution < -0.4 is 5.32 Å². The number of rotatable bonds is 5. The summed E-state index contributed by atoms with van der Waals surface area (Å²) >= 11 is 5.86. The Kier molecular flexibility index (Phi) is 5.82. The first-order valence-corrected chi connectivity index (χ1v) is 9.30. The average Bonchev–Trinajstić information content (AvgIpc) is 2.99. The van der Waals surface area contributed by atoms with Gasteiger partial charge in [0.05, 0.1) is 5.02 Å². The summed E-state index contributed by atoms with van der Waals surface area (Å²) in [5, 5.41) is 3.52. The van der Waals surface area contributed by atoms with Crippen LogP contribution in [0.1, 0.15) is 41.9 Å². The first-order valence-electron chi connectivity index (χ1n) is 8.92. The van der Waals surface area contributed by atoms with Gasteiger partial charge >= 0.3 is 0 Å². The average molecular weight is 360 g/mol. The highest BCUT2D eigenvalue weighted by Gasteiger charge is 2.22. The van der Waals surface area contributed by atoms with Crippen LogP contribution in [-0.4, -0.2) is 28.9 Å². The molecule has 5 heteroatoms. The number of nitrogens with zero attached hydrogens (tertiary/aromatic N) is 1. The molecule has 4 nitrogen and oxygen atoms in total. The number of carbonyl (C=O) groups excluding carboxylic acids is 1. The molecule has 1 amide bonds. The van der Waals surface area contributed by atoms with E-state index in [0.29, 0.717) is 17.3 Å². The van der Waals surface area contributed by atoms with Crippen LogP contribution in [0.3, 0.4) is 0 Å². The lowest BCUT2D eigenvalue weighted by atomic mass is 9.91. The second kappa shape index (κ2) is 8.07. The van der Waals surface area contributed by atoms with E-state index in [1.54, 1.807) is 12.3 Å². The topological polar surface area (TPSA) is 48.1 Å². The minimum Gasteiger partial charge on any atom is -0.356 e. The molecule has 2 aromatic rings. The lowest BCUT2D eigenvalue weighted by molar-refractivity contribution is 0.0946. The molecule has 134 valence electrons. The zero-order chi connectivity index (χ0) is 17.8. The Labute approximate surface area is 154 Å². The van der Waals surface area contributed by atoms with Crippen LogP contribution in [0.5, 0.6) is 0 Å². The van der Waals surface area contributed by atoms with E-state index in [4.69, 9.17) is 11.6 Å². The number of hydrogen-bond acceptors (Lipinski definition) is 2. The van der Waals surface area contributed by atoms with E-state index in [9.17, 15) is 4.79 Å². The lowest BCUT2D eigenvalue weighted by Gasteiger charge is -2.35. The van der Waals surface area contributed by atoms with E-state index in [-0.39, 0.29) is 5.91 Å². The van der Waals surface area contributed by atoms with Crippen molar-refractivity contribution in [3.05, 3.63) is 58.4 Å². The number of nitrogens with one attached hydrogen (secondary N) is 2. The van der Waals surface area contributed by atoms with Crippen molar-refractivity contribution in [1.29, 1.82) is 0 Å². The Morgan fingerprint density at radius 1 is 1.24 bits per heavy atom. The zero-order valence-electron chi connectivity index (χ0n) is 14.9. The summed E-state index contributed by atoms with van der Waals surface area (Å²) in [4.78, 5) is 17.6. The van der Waals surface area contributed by atoms with Crippen molar-refractivity contribution in [2.75, 3.05) is 13.1 Å². The molecule has 0 radical (unpaired) electrons. The molecule has 1 fully saturated rings. The van der Waals surface area contributed by atoms with Gasteiger partial charge in [0.15, 0.2) is 0 Å². The molecular formula is C20H26ClN3O. The van der Waals surface area contributed by atoms with Gasteiger partial charge in [-0.05, 0) is 35.4 Å². The molecular weight excluding hydrogens is 334 g/mol. The van der Waals surface area contributed by atoms with Gasteiger partial charge in [-0.1, -0.05) is 49.7 Å². The van der Waals surface area contributed by atoms with Crippen molar-refractivity contribution in [2.45, 2.75) is 33.4 Å². The zero-order valence-corrected chi connectivity index (χ0v) is 15.6. The summed E-state index contributed by atoms with van der Waals surface area (Å²) < 4.78 is 0. The second-order valence-electron chi connectivity index (χ2n) is 7.32. The summed E-state index contributed by atoms with van der Waals surface area (Å²) in [6, 6.07) is 9.99. The van der Waals surface area contributed by atoms with Gasteiger partial charge < -0.3 is 10.3 Å². The predicted molar refractivity (Wildman–Crippen MR) is 102 cm³/mol. The number of piperidine rings is 1. The third-order valence-corrected chi connectivity index (χ3v) is 5.01. The number of aromatic nitrogens is 1. The molecule has 1 aromatic heterocycles. The Bertz CT molecular complexity index is 717. The third kappa shape index (κ3) is 4.86. The molecule has 2 atom stereocenters. The highest BCUT2D eigenvalue weighted by molar-refractivity contribution is 6.30. The summed E-state index contributed by atoms with van der Waals surface area (Å²) in [5.74, 6) is 1.35. The number of likely N-dealkylation sites (tertiary alicyclic amines) is 1. The predicted octanol–water partition coefficient (Wildman–Crippen LogP) is 4.08. The highest BCUT2D eigenvalue weighted by Crippen LogP contribution is 2.23. The summed E-state index contributed by atoms with van der Waals surface area (Å²) in [6.45, 7) is 8.41. The number of hydrogen-bond donors (Lipinski definition) is 2. The summed E-state index contributed by atoms with van der Waals surface area (Å²) in [6.07, 6.45) is 2.93. The van der Waals surface area contributed by atoms with Gasteiger partial charge in [0.1, 0.15) is 5.69 Å². The molecule has 2 heterocycles. The molecule has 0 aliphatic carbocycles. The number of carbonyl (C=O) groups is 1. The van der Waals surface area contributed by atoms with Crippen molar-refractivity contribution in [1.82, 2.24) is 15.2 Å². The van der Waals surface area contributed by atoms with Gasteiger partial charge in [-0.3, -0.25) is 9.69 Å². The van der Waals surface area contributed by atoms with E-state index >= 15 is 0 Å². The van der Waals surface area contributed by atoms with E-state index < -0.39 is 0 Å². The van der Waals surface area contributed by atoms with Gasteiger partial charge in [0.25, 0.3) is 5.91 Å². The smallest absolute Gasteiger partial charge is 0.268 e. The maximum atomic E-state index is 12.2. The van der Waals surface area contributed by atoms with E-state index in [1.807, 2.05) is 6.07 Å².